The summed E-state index contributed by atoms with van der Waals surface area (Å²) >= 11 is 0. The first-order valence-electron chi connectivity index (χ1n) is 19.2. The molecule has 1 aromatic heterocycles. The van der Waals surface area contributed by atoms with E-state index in [4.69, 9.17) is 9.47 Å². The first-order chi connectivity index (χ1) is 25.4. The van der Waals surface area contributed by atoms with Crippen molar-refractivity contribution in [1.29, 1.82) is 0 Å². The highest BCUT2D eigenvalue weighted by molar-refractivity contribution is 7.91. The van der Waals surface area contributed by atoms with E-state index >= 15 is 0 Å². The van der Waals surface area contributed by atoms with Crippen LogP contribution in [0.25, 0.3) is 10.8 Å². The highest BCUT2D eigenvalue weighted by atomic mass is 32.2. The number of alkyl carbamates (subject to hydrolysis) is 1. The van der Waals surface area contributed by atoms with Crippen LogP contribution in [0.1, 0.15) is 86.5 Å². The summed E-state index contributed by atoms with van der Waals surface area (Å²) in [5.74, 6) is -1.23. The summed E-state index contributed by atoms with van der Waals surface area (Å²) in [5, 5.41) is 6.71. The molecule has 4 aliphatic rings. The first-order valence-corrected chi connectivity index (χ1v) is 20.8. The highest BCUT2D eigenvalue weighted by Crippen LogP contribution is 2.46. The summed E-state index contributed by atoms with van der Waals surface area (Å²) < 4.78 is 40.1. The SMILES string of the molecule is C=C[C@@H]1C[C@]1(NC(=O)[C@@H]1C[C@@H](Oc2nccc3ccccc23)CN1C(=O)C(NC(=O)O[C@@H]1C[C@H](C)CCC1C(C)C)C(C)(C)C)C(=O)NS(=O)(=O)C1CC1. The van der Waals surface area contributed by atoms with Gasteiger partial charge in [-0.1, -0.05) is 72.2 Å². The predicted molar refractivity (Wildman–Crippen MR) is 204 cm³/mol. The number of pyridine rings is 1. The van der Waals surface area contributed by atoms with Crippen LogP contribution < -0.4 is 20.1 Å². The number of aromatic nitrogens is 1. The molecule has 3 N–H and O–H groups in total. The van der Waals surface area contributed by atoms with Crippen molar-refractivity contribution < 1.29 is 37.1 Å². The van der Waals surface area contributed by atoms with Crippen LogP contribution in [0.15, 0.2) is 49.2 Å². The number of fused-ring (bicyclic) bond motifs is 1. The van der Waals surface area contributed by atoms with Crippen molar-refractivity contribution in [1.82, 2.24) is 25.2 Å². The van der Waals surface area contributed by atoms with Crippen molar-refractivity contribution in [2.75, 3.05) is 6.54 Å². The third kappa shape index (κ3) is 8.38. The Kier molecular flexibility index (Phi) is 11.1. The molecule has 0 bridgehead atoms. The summed E-state index contributed by atoms with van der Waals surface area (Å²) in [6.07, 6.45) is 5.38. The Bertz CT molecular complexity index is 1890. The van der Waals surface area contributed by atoms with E-state index in [1.807, 2.05) is 51.1 Å². The fraction of sp³-hybridized carbons (Fsp3) is 0.625. The molecular weight excluding hydrogens is 711 g/mol. The lowest BCUT2D eigenvalue weighted by Crippen LogP contribution is -2.60. The van der Waals surface area contributed by atoms with Gasteiger partial charge in [0.25, 0.3) is 5.91 Å². The molecule has 2 heterocycles. The zero-order valence-corrected chi connectivity index (χ0v) is 33.0. The van der Waals surface area contributed by atoms with Crippen LogP contribution in [0, 0.1) is 29.1 Å². The highest BCUT2D eigenvalue weighted by Gasteiger charge is 2.62. The van der Waals surface area contributed by atoms with Gasteiger partial charge in [-0.25, -0.2) is 18.2 Å². The van der Waals surface area contributed by atoms with Crippen molar-refractivity contribution in [2.24, 2.45) is 29.1 Å². The molecule has 4 fully saturated rings. The van der Waals surface area contributed by atoms with E-state index in [2.05, 4.69) is 47.7 Å². The van der Waals surface area contributed by atoms with Crippen molar-refractivity contribution in [3.05, 3.63) is 49.2 Å². The molecule has 294 valence electrons. The number of carbonyl (C=O) groups is 4. The maximum absolute atomic E-state index is 14.7. The second-order valence-corrected chi connectivity index (χ2v) is 19.2. The van der Waals surface area contributed by atoms with Crippen LogP contribution in [0.4, 0.5) is 4.79 Å². The maximum Gasteiger partial charge on any atom is 0.408 e. The van der Waals surface area contributed by atoms with Crippen LogP contribution in [-0.2, 0) is 29.1 Å². The molecular formula is C40H55N5O8S. The largest absolute Gasteiger partial charge is 0.472 e. The van der Waals surface area contributed by atoms with Gasteiger partial charge in [0.05, 0.1) is 11.8 Å². The Hall–Kier alpha value is -4.20. The van der Waals surface area contributed by atoms with Gasteiger partial charge >= 0.3 is 6.09 Å². The topological polar surface area (TPSA) is 173 Å². The molecule has 6 rings (SSSR count). The van der Waals surface area contributed by atoms with E-state index in [-0.39, 0.29) is 31.4 Å². The molecule has 13 nitrogen and oxygen atoms in total. The van der Waals surface area contributed by atoms with Crippen LogP contribution in [0.3, 0.4) is 0 Å². The quantitative estimate of drug-likeness (QED) is 0.255. The number of nitrogens with zero attached hydrogens (tertiary/aromatic N) is 2. The van der Waals surface area contributed by atoms with Crippen molar-refractivity contribution in [3.63, 3.8) is 0 Å². The van der Waals surface area contributed by atoms with Gasteiger partial charge in [0.1, 0.15) is 29.8 Å². The predicted octanol–water partition coefficient (Wildman–Crippen LogP) is 4.85. The zero-order valence-electron chi connectivity index (χ0n) is 32.2. The Morgan fingerprint density at radius 3 is 2.43 bits per heavy atom. The van der Waals surface area contributed by atoms with Gasteiger partial charge in [0.15, 0.2) is 0 Å². The molecule has 1 aromatic carbocycles. The second-order valence-electron chi connectivity index (χ2n) is 17.2. The maximum atomic E-state index is 14.7. The number of hydrogen-bond acceptors (Lipinski definition) is 9. The van der Waals surface area contributed by atoms with Crippen LogP contribution >= 0.6 is 0 Å². The third-order valence-electron chi connectivity index (χ3n) is 11.6. The number of carbonyl (C=O) groups excluding carboxylic acids is 4. The summed E-state index contributed by atoms with van der Waals surface area (Å²) in [6, 6.07) is 7.23. The molecule has 4 amide bonds. The van der Waals surface area contributed by atoms with Crippen molar-refractivity contribution in [2.45, 2.75) is 122 Å². The molecule has 2 aromatic rings. The normalized spacial score (nSPS) is 28.9. The van der Waals surface area contributed by atoms with Gasteiger partial charge in [-0.05, 0) is 72.8 Å². The summed E-state index contributed by atoms with van der Waals surface area (Å²) in [4.78, 5) is 62.0. The summed E-state index contributed by atoms with van der Waals surface area (Å²) in [6.45, 7) is 15.7. The van der Waals surface area contributed by atoms with Crippen LogP contribution in [0.2, 0.25) is 0 Å². The number of ether oxygens (including phenoxy) is 2. The molecule has 14 heteroatoms. The van der Waals surface area contributed by atoms with E-state index in [0.29, 0.717) is 30.6 Å². The van der Waals surface area contributed by atoms with E-state index < -0.39 is 74.1 Å². The number of likely N-dealkylation sites (tertiary alicyclic amines) is 1. The molecule has 0 radical (unpaired) electrons. The monoisotopic (exact) mass is 765 g/mol. The molecule has 8 atom stereocenters. The van der Waals surface area contributed by atoms with E-state index in [1.165, 1.54) is 11.0 Å². The van der Waals surface area contributed by atoms with Gasteiger partial charge in [-0.2, -0.15) is 0 Å². The minimum atomic E-state index is -3.89. The average molecular weight is 766 g/mol. The Balaban J connectivity index is 1.26. The zero-order chi connectivity index (χ0) is 39.2. The van der Waals surface area contributed by atoms with Gasteiger partial charge in [0.2, 0.25) is 27.7 Å². The lowest BCUT2D eigenvalue weighted by Gasteiger charge is -2.38. The standard InChI is InChI=1S/C40H55N5O8S/c1-8-26-21-40(26,37(48)44-54(50,51)28-14-15-28)43-34(46)31-20-27(52-35-30-12-10-9-11-25(30)17-18-41-35)22-45(31)36(47)33(39(5,6)7)42-38(49)53-32-19-24(4)13-16-29(32)23(2)3/h8-12,17-18,23-24,26-29,31-33H,1,13-16,19-22H2,2-7H3,(H,42,49)(H,43,46)(H,44,48)/t24-,26-,27-,29?,31+,32-,33?,40-/m1/s1. The van der Waals surface area contributed by atoms with Crippen LogP contribution in [-0.4, -0.2) is 83.7 Å². The van der Waals surface area contributed by atoms with Gasteiger partial charge in [-0.3, -0.25) is 19.1 Å². The number of amides is 4. The van der Waals surface area contributed by atoms with Gasteiger partial charge < -0.3 is 25.0 Å². The van der Waals surface area contributed by atoms with Gasteiger partial charge in [-0.15, -0.1) is 6.58 Å². The molecule has 0 spiro atoms. The summed E-state index contributed by atoms with van der Waals surface area (Å²) in [7, 11) is -3.89. The summed E-state index contributed by atoms with van der Waals surface area (Å²) in [5.41, 5.74) is -2.34. The second kappa shape index (κ2) is 15.1. The fourth-order valence-corrected chi connectivity index (χ4v) is 9.46. The Labute approximate surface area is 318 Å². The minimum absolute atomic E-state index is 0.0131. The van der Waals surface area contributed by atoms with E-state index in [1.54, 1.807) is 6.20 Å². The third-order valence-corrected chi connectivity index (χ3v) is 13.4. The number of hydrogen-bond donors (Lipinski definition) is 3. The van der Waals surface area contributed by atoms with Crippen molar-refractivity contribution in [3.8, 4) is 5.88 Å². The van der Waals surface area contributed by atoms with E-state index in [0.717, 1.165) is 30.0 Å². The number of sulfonamides is 1. The Morgan fingerprint density at radius 1 is 1.06 bits per heavy atom. The number of rotatable bonds is 12. The van der Waals surface area contributed by atoms with E-state index in [9.17, 15) is 27.6 Å². The molecule has 3 saturated carbocycles. The molecule has 1 saturated heterocycles. The minimum Gasteiger partial charge on any atom is -0.472 e. The van der Waals surface area contributed by atoms with Crippen LogP contribution in [0.5, 0.6) is 5.88 Å². The lowest BCUT2D eigenvalue weighted by atomic mass is 9.75. The Morgan fingerprint density at radius 2 is 1.78 bits per heavy atom. The van der Waals surface area contributed by atoms with Crippen molar-refractivity contribution >= 4 is 44.6 Å². The number of nitrogens with one attached hydrogen (secondary N) is 3. The first kappa shape index (κ1) is 39.5. The average Bonchev–Trinajstić information content (AvgIpc) is 4.03. The fourth-order valence-electron chi connectivity index (χ4n) is 8.09. The molecule has 1 aliphatic heterocycles. The van der Waals surface area contributed by atoms with Gasteiger partial charge in [0, 0.05) is 23.9 Å². The lowest BCUT2D eigenvalue weighted by molar-refractivity contribution is -0.143. The molecule has 3 aliphatic carbocycles. The smallest absolute Gasteiger partial charge is 0.408 e. The number of benzene rings is 1. The molecule has 2 unspecified atom stereocenters. The molecule has 54 heavy (non-hydrogen) atoms.